The average molecular weight is 313 g/mol. The molecule has 0 spiro atoms. The van der Waals surface area contributed by atoms with Crippen molar-refractivity contribution < 1.29 is 9.53 Å². The number of hydrogen-bond acceptors (Lipinski definition) is 3. The Labute approximate surface area is 134 Å². The molecule has 0 saturated carbocycles. The molecule has 4 heteroatoms. The highest BCUT2D eigenvalue weighted by Crippen LogP contribution is 2.25. The van der Waals surface area contributed by atoms with Crippen LogP contribution in [0.1, 0.15) is 21.6 Å². The first-order chi connectivity index (χ1) is 10.7. The summed E-state index contributed by atoms with van der Waals surface area (Å²) in [5.74, 6) is 0.842. The van der Waals surface area contributed by atoms with Gasteiger partial charge in [-0.25, -0.2) is 0 Å². The van der Waals surface area contributed by atoms with Gasteiger partial charge >= 0.3 is 0 Å². The summed E-state index contributed by atoms with van der Waals surface area (Å²) in [5.41, 5.74) is 3.36. The summed E-state index contributed by atoms with van der Waals surface area (Å²) < 4.78 is 5.34. The maximum absolute atomic E-state index is 12.4. The number of hydrogen-bond donors (Lipinski definition) is 0. The van der Waals surface area contributed by atoms with E-state index in [1.165, 1.54) is 10.4 Å². The summed E-state index contributed by atoms with van der Waals surface area (Å²) >= 11 is 1.78. The highest BCUT2D eigenvalue weighted by Gasteiger charge is 2.19. The molecule has 3 rings (SSSR count). The van der Waals surface area contributed by atoms with E-state index in [0.29, 0.717) is 6.54 Å². The minimum absolute atomic E-state index is 0.0559. The van der Waals surface area contributed by atoms with Gasteiger partial charge in [0.2, 0.25) is 5.91 Å². The van der Waals surface area contributed by atoms with Gasteiger partial charge < -0.3 is 9.64 Å². The van der Waals surface area contributed by atoms with Crippen LogP contribution in [0, 0.1) is 6.92 Å². The van der Waals surface area contributed by atoms with Crippen molar-refractivity contribution in [2.24, 2.45) is 0 Å². The van der Waals surface area contributed by atoms with Crippen molar-refractivity contribution in [3.63, 3.8) is 0 Å². The summed E-state index contributed by atoms with van der Waals surface area (Å²) in [6.07, 6.45) is 4.45. The first-order valence-corrected chi connectivity index (χ1v) is 8.22. The van der Waals surface area contributed by atoms with Crippen molar-refractivity contribution in [2.45, 2.75) is 19.9 Å². The van der Waals surface area contributed by atoms with E-state index >= 15 is 0 Å². The van der Waals surface area contributed by atoms with Crippen LogP contribution in [-0.2, 0) is 17.8 Å². The number of carbonyl (C=O) groups excluding carboxylic acids is 1. The Bertz CT molecular complexity index is 718. The largest absolute Gasteiger partial charge is 0.496 e. The molecule has 1 aliphatic rings. The molecular formula is C18H19NO2S. The number of carbonyl (C=O) groups is 1. The third-order valence-corrected chi connectivity index (χ3v) is 4.93. The van der Waals surface area contributed by atoms with Crippen molar-refractivity contribution in [2.75, 3.05) is 13.7 Å². The maximum atomic E-state index is 12.4. The lowest BCUT2D eigenvalue weighted by Gasteiger charge is -2.25. The molecule has 1 aromatic carbocycles. The Kier molecular flexibility index (Phi) is 4.29. The van der Waals surface area contributed by atoms with Crippen molar-refractivity contribution >= 4 is 23.3 Å². The number of fused-ring (bicyclic) bond motifs is 1. The van der Waals surface area contributed by atoms with E-state index in [0.717, 1.165) is 29.8 Å². The van der Waals surface area contributed by atoms with Crippen molar-refractivity contribution in [1.82, 2.24) is 4.90 Å². The topological polar surface area (TPSA) is 29.5 Å². The number of aryl methyl sites for hydroxylation is 1. The van der Waals surface area contributed by atoms with Crippen LogP contribution < -0.4 is 4.74 Å². The Morgan fingerprint density at radius 2 is 2.23 bits per heavy atom. The molecular weight excluding hydrogens is 294 g/mol. The fraction of sp³-hybridized carbons (Fsp3) is 0.278. The van der Waals surface area contributed by atoms with Crippen LogP contribution in [0.2, 0.25) is 0 Å². The average Bonchev–Trinajstić information content (AvgIpc) is 3.00. The molecule has 0 fully saturated rings. The van der Waals surface area contributed by atoms with E-state index in [-0.39, 0.29) is 5.91 Å². The Morgan fingerprint density at radius 1 is 1.36 bits per heavy atom. The summed E-state index contributed by atoms with van der Waals surface area (Å²) in [7, 11) is 1.65. The monoisotopic (exact) mass is 313 g/mol. The van der Waals surface area contributed by atoms with Gasteiger partial charge in [-0.05, 0) is 48.6 Å². The zero-order valence-corrected chi connectivity index (χ0v) is 13.7. The molecule has 2 heterocycles. The van der Waals surface area contributed by atoms with Crippen molar-refractivity contribution in [1.29, 1.82) is 0 Å². The lowest BCUT2D eigenvalue weighted by Crippen LogP contribution is -2.34. The standard InChI is InChI=1S/C18H19NO2S/c1-13-3-5-16(21-2)14(11-13)4-6-18(20)19-9-7-17-15(12-19)8-10-22-17/h3-6,8,10-11H,7,9,12H2,1-2H3/b6-4+. The predicted octanol–water partition coefficient (Wildman–Crippen LogP) is 3.66. The van der Waals surface area contributed by atoms with Crippen LogP contribution in [0.25, 0.3) is 6.08 Å². The Hall–Kier alpha value is -2.07. The second kappa shape index (κ2) is 6.36. The van der Waals surface area contributed by atoms with Crippen molar-refractivity contribution in [3.8, 4) is 5.75 Å². The lowest BCUT2D eigenvalue weighted by atomic mass is 10.1. The third-order valence-electron chi connectivity index (χ3n) is 3.91. The molecule has 0 unspecified atom stereocenters. The first kappa shape index (κ1) is 14.9. The van der Waals surface area contributed by atoms with E-state index < -0.39 is 0 Å². The summed E-state index contributed by atoms with van der Waals surface area (Å²) in [4.78, 5) is 15.7. The van der Waals surface area contributed by atoms with E-state index in [1.54, 1.807) is 24.5 Å². The van der Waals surface area contributed by atoms with Gasteiger partial charge in [0, 0.05) is 29.6 Å². The van der Waals surface area contributed by atoms with Gasteiger partial charge in [-0.3, -0.25) is 4.79 Å². The maximum Gasteiger partial charge on any atom is 0.246 e. The number of thiophene rings is 1. The summed E-state index contributed by atoms with van der Waals surface area (Å²) in [5, 5.41) is 2.10. The SMILES string of the molecule is COc1ccc(C)cc1/C=C/C(=O)N1CCc2sccc2C1. The molecule has 0 atom stereocenters. The normalized spacial score (nSPS) is 14.2. The summed E-state index contributed by atoms with van der Waals surface area (Å²) in [6, 6.07) is 8.07. The molecule has 2 aromatic rings. The van der Waals surface area contributed by atoms with E-state index in [9.17, 15) is 4.79 Å². The van der Waals surface area contributed by atoms with Crippen LogP contribution in [0.4, 0.5) is 0 Å². The molecule has 3 nitrogen and oxygen atoms in total. The van der Waals surface area contributed by atoms with E-state index in [4.69, 9.17) is 4.74 Å². The minimum Gasteiger partial charge on any atom is -0.496 e. The number of amides is 1. The zero-order chi connectivity index (χ0) is 15.5. The molecule has 0 radical (unpaired) electrons. The van der Waals surface area contributed by atoms with E-state index in [2.05, 4.69) is 11.4 Å². The predicted molar refractivity (Wildman–Crippen MR) is 90.2 cm³/mol. The van der Waals surface area contributed by atoms with E-state index in [1.807, 2.05) is 36.1 Å². The molecule has 0 N–H and O–H groups in total. The first-order valence-electron chi connectivity index (χ1n) is 7.34. The molecule has 0 aliphatic carbocycles. The number of rotatable bonds is 3. The number of benzene rings is 1. The van der Waals surface area contributed by atoms with Gasteiger partial charge in [0.05, 0.1) is 7.11 Å². The second-order valence-corrected chi connectivity index (χ2v) is 6.46. The highest BCUT2D eigenvalue weighted by molar-refractivity contribution is 7.10. The molecule has 1 aromatic heterocycles. The Balaban J connectivity index is 1.73. The molecule has 1 amide bonds. The molecule has 114 valence electrons. The second-order valence-electron chi connectivity index (χ2n) is 5.46. The van der Waals surface area contributed by atoms with Crippen LogP contribution in [0.5, 0.6) is 5.75 Å². The van der Waals surface area contributed by atoms with Gasteiger partial charge in [0.15, 0.2) is 0 Å². The minimum atomic E-state index is 0.0559. The van der Waals surface area contributed by atoms with Gasteiger partial charge in [0.1, 0.15) is 5.75 Å². The quantitative estimate of drug-likeness (QED) is 0.809. The molecule has 1 aliphatic heterocycles. The van der Waals surface area contributed by atoms with Crippen molar-refractivity contribution in [3.05, 3.63) is 57.3 Å². The fourth-order valence-electron chi connectivity index (χ4n) is 2.69. The number of ether oxygens (including phenoxy) is 1. The van der Waals surface area contributed by atoms with Crippen LogP contribution in [0.3, 0.4) is 0 Å². The zero-order valence-electron chi connectivity index (χ0n) is 12.8. The van der Waals surface area contributed by atoms with Gasteiger partial charge in [0.25, 0.3) is 0 Å². The highest BCUT2D eigenvalue weighted by atomic mass is 32.1. The lowest BCUT2D eigenvalue weighted by molar-refractivity contribution is -0.126. The van der Waals surface area contributed by atoms with Gasteiger partial charge in [-0.15, -0.1) is 11.3 Å². The Morgan fingerprint density at radius 3 is 3.05 bits per heavy atom. The number of nitrogens with zero attached hydrogens (tertiary/aromatic N) is 1. The van der Waals surface area contributed by atoms with Gasteiger partial charge in [-0.1, -0.05) is 11.6 Å². The third kappa shape index (κ3) is 3.07. The summed E-state index contributed by atoms with van der Waals surface area (Å²) in [6.45, 7) is 3.54. The fourth-order valence-corrected chi connectivity index (χ4v) is 3.58. The van der Waals surface area contributed by atoms with Crippen LogP contribution in [0.15, 0.2) is 35.7 Å². The smallest absolute Gasteiger partial charge is 0.246 e. The molecule has 22 heavy (non-hydrogen) atoms. The van der Waals surface area contributed by atoms with Gasteiger partial charge in [-0.2, -0.15) is 0 Å². The van der Waals surface area contributed by atoms with Crippen LogP contribution >= 0.6 is 11.3 Å². The molecule has 0 bridgehead atoms. The number of methoxy groups -OCH3 is 1. The van der Waals surface area contributed by atoms with Crippen LogP contribution in [-0.4, -0.2) is 24.5 Å². The molecule has 0 saturated heterocycles.